The van der Waals surface area contributed by atoms with E-state index in [0.29, 0.717) is 5.02 Å². The van der Waals surface area contributed by atoms with Crippen molar-refractivity contribution in [1.29, 1.82) is 5.26 Å². The Hall–Kier alpha value is -1.09. The summed E-state index contributed by atoms with van der Waals surface area (Å²) in [5, 5.41) is 9.09. The van der Waals surface area contributed by atoms with E-state index in [9.17, 15) is 8.42 Å². The Morgan fingerprint density at radius 3 is 2.56 bits per heavy atom. The van der Waals surface area contributed by atoms with Gasteiger partial charge >= 0.3 is 0 Å². The molecule has 0 aliphatic heterocycles. The molecule has 0 bridgehead atoms. The smallest absolute Gasteiger partial charge is 0.207 e. The van der Waals surface area contributed by atoms with Crippen molar-refractivity contribution in [2.24, 2.45) is 0 Å². The second kappa shape index (κ2) is 4.42. The summed E-state index contributed by atoms with van der Waals surface area (Å²) >= 11 is 5.70. The number of sulfonamides is 1. The van der Waals surface area contributed by atoms with E-state index < -0.39 is 15.6 Å². The van der Waals surface area contributed by atoms with Crippen molar-refractivity contribution in [2.75, 3.05) is 0 Å². The van der Waals surface area contributed by atoms with E-state index in [1.54, 1.807) is 6.07 Å². The quantitative estimate of drug-likeness (QED) is 0.900. The van der Waals surface area contributed by atoms with Gasteiger partial charge in [0.1, 0.15) is 5.54 Å². The first-order chi connectivity index (χ1) is 7.27. The van der Waals surface area contributed by atoms with Crippen LogP contribution in [0.15, 0.2) is 29.2 Å². The zero-order valence-corrected chi connectivity index (χ0v) is 10.4. The normalized spacial score (nSPS) is 12.1. The lowest BCUT2D eigenvalue weighted by Gasteiger charge is -2.17. The van der Waals surface area contributed by atoms with E-state index in [0.717, 1.165) is 0 Å². The fourth-order valence-corrected chi connectivity index (χ4v) is 2.68. The molecule has 0 spiro atoms. The van der Waals surface area contributed by atoms with Crippen LogP contribution in [0.4, 0.5) is 0 Å². The van der Waals surface area contributed by atoms with Gasteiger partial charge in [-0.1, -0.05) is 17.7 Å². The third kappa shape index (κ3) is 3.20. The van der Waals surface area contributed by atoms with Crippen LogP contribution >= 0.6 is 11.6 Å². The van der Waals surface area contributed by atoms with Crippen molar-refractivity contribution in [1.82, 2.24) is 4.72 Å². The second-order valence-corrected chi connectivity index (χ2v) is 5.92. The van der Waals surface area contributed by atoms with Crippen LogP contribution in [0.25, 0.3) is 0 Å². The highest BCUT2D eigenvalue weighted by molar-refractivity contribution is 7.89. The lowest BCUT2D eigenvalue weighted by atomic mass is 10.1. The first-order valence-corrected chi connectivity index (χ1v) is 6.34. The highest BCUT2D eigenvalue weighted by Gasteiger charge is 2.25. The number of hydrogen-bond acceptors (Lipinski definition) is 3. The summed E-state index contributed by atoms with van der Waals surface area (Å²) in [6.45, 7) is 2.96. The van der Waals surface area contributed by atoms with Crippen LogP contribution in [0.3, 0.4) is 0 Å². The Labute approximate surface area is 99.9 Å². The molecule has 0 radical (unpaired) electrons. The van der Waals surface area contributed by atoms with E-state index in [1.807, 2.05) is 6.07 Å². The second-order valence-electron chi connectivity index (χ2n) is 3.80. The number of nitrogens with zero attached hydrogens (tertiary/aromatic N) is 1. The molecule has 0 saturated heterocycles. The van der Waals surface area contributed by atoms with Crippen LogP contribution in [0, 0.1) is 11.3 Å². The minimum Gasteiger partial charge on any atom is -0.207 e. The lowest BCUT2D eigenvalue weighted by Crippen LogP contribution is -2.41. The van der Waals surface area contributed by atoms with E-state index in [4.69, 9.17) is 16.9 Å². The summed E-state index contributed by atoms with van der Waals surface area (Å²) in [4.78, 5) is 0.0447. The molecule has 0 saturated carbocycles. The molecule has 0 aliphatic rings. The molecule has 16 heavy (non-hydrogen) atoms. The summed E-state index contributed by atoms with van der Waals surface area (Å²) in [5.41, 5.74) is -1.15. The number of halogens is 1. The van der Waals surface area contributed by atoms with Crippen molar-refractivity contribution in [2.45, 2.75) is 24.3 Å². The maximum Gasteiger partial charge on any atom is 0.241 e. The average molecular weight is 259 g/mol. The van der Waals surface area contributed by atoms with Gasteiger partial charge in [-0.15, -0.1) is 0 Å². The summed E-state index contributed by atoms with van der Waals surface area (Å²) < 4.78 is 26.0. The Balaban J connectivity index is 3.10. The molecule has 0 aromatic heterocycles. The van der Waals surface area contributed by atoms with Gasteiger partial charge in [-0.3, -0.25) is 0 Å². The van der Waals surface area contributed by atoms with Gasteiger partial charge in [0, 0.05) is 5.02 Å². The minimum atomic E-state index is -3.71. The first-order valence-electron chi connectivity index (χ1n) is 4.48. The number of nitrogens with one attached hydrogen (secondary N) is 1. The van der Waals surface area contributed by atoms with E-state index in [1.165, 1.54) is 32.0 Å². The first kappa shape index (κ1) is 13.0. The minimum absolute atomic E-state index is 0.0447. The van der Waals surface area contributed by atoms with Crippen LogP contribution in [0.1, 0.15) is 13.8 Å². The zero-order valence-electron chi connectivity index (χ0n) is 8.86. The fourth-order valence-electron chi connectivity index (χ4n) is 1.05. The topological polar surface area (TPSA) is 70.0 Å². The molecular weight excluding hydrogens is 248 g/mol. The number of rotatable bonds is 3. The molecule has 0 heterocycles. The number of nitriles is 1. The lowest BCUT2D eigenvalue weighted by molar-refractivity contribution is 0.535. The zero-order chi connectivity index (χ0) is 12.4. The van der Waals surface area contributed by atoms with Gasteiger partial charge in [0.05, 0.1) is 11.0 Å². The molecule has 0 unspecified atom stereocenters. The molecule has 0 aliphatic carbocycles. The molecule has 1 aromatic rings. The molecule has 1 N–H and O–H groups in total. The summed E-state index contributed by atoms with van der Waals surface area (Å²) in [7, 11) is -3.71. The molecule has 6 heteroatoms. The molecular formula is C10H11ClN2O2S. The average Bonchev–Trinajstić information content (AvgIpc) is 2.16. The standard InChI is InChI=1S/C10H11ClN2O2S/c1-10(2,7-12)13-16(14,15)9-5-3-4-8(11)6-9/h3-6,13H,1-2H3. The molecule has 86 valence electrons. The van der Waals surface area contributed by atoms with Crippen LogP contribution < -0.4 is 4.72 Å². The van der Waals surface area contributed by atoms with E-state index in [2.05, 4.69) is 4.72 Å². The predicted molar refractivity (Wildman–Crippen MR) is 61.5 cm³/mol. The van der Waals surface area contributed by atoms with Crippen molar-refractivity contribution in [3.05, 3.63) is 29.3 Å². The highest BCUT2D eigenvalue weighted by Crippen LogP contribution is 2.17. The van der Waals surface area contributed by atoms with Gasteiger partial charge in [-0.05, 0) is 32.0 Å². The van der Waals surface area contributed by atoms with Crippen LogP contribution in [-0.4, -0.2) is 14.0 Å². The molecule has 1 aromatic carbocycles. The van der Waals surface area contributed by atoms with E-state index >= 15 is 0 Å². The van der Waals surface area contributed by atoms with Crippen molar-refractivity contribution in [3.63, 3.8) is 0 Å². The summed E-state index contributed by atoms with van der Waals surface area (Å²) in [6.07, 6.45) is 0. The van der Waals surface area contributed by atoms with Crippen molar-refractivity contribution in [3.8, 4) is 6.07 Å². The molecule has 4 nitrogen and oxygen atoms in total. The van der Waals surface area contributed by atoms with Crippen LogP contribution in [-0.2, 0) is 10.0 Å². The highest BCUT2D eigenvalue weighted by atomic mass is 35.5. The third-order valence-electron chi connectivity index (χ3n) is 1.78. The maximum atomic E-state index is 11.8. The molecule has 0 amide bonds. The van der Waals surface area contributed by atoms with Gasteiger partial charge in [0.15, 0.2) is 0 Å². The van der Waals surface area contributed by atoms with Gasteiger partial charge in [-0.25, -0.2) is 8.42 Å². The van der Waals surface area contributed by atoms with Gasteiger partial charge in [0.25, 0.3) is 0 Å². The van der Waals surface area contributed by atoms with E-state index in [-0.39, 0.29) is 4.90 Å². The fraction of sp³-hybridized carbons (Fsp3) is 0.300. The largest absolute Gasteiger partial charge is 0.241 e. The molecule has 0 fully saturated rings. The summed E-state index contributed by atoms with van der Waals surface area (Å²) in [5.74, 6) is 0. The molecule has 1 rings (SSSR count). The van der Waals surface area contributed by atoms with Gasteiger partial charge < -0.3 is 0 Å². The monoisotopic (exact) mass is 258 g/mol. The maximum absolute atomic E-state index is 11.8. The Morgan fingerprint density at radius 2 is 2.06 bits per heavy atom. The summed E-state index contributed by atoms with van der Waals surface area (Å²) in [6, 6.07) is 7.72. The van der Waals surface area contributed by atoms with Crippen molar-refractivity contribution >= 4 is 21.6 Å². The Morgan fingerprint density at radius 1 is 1.44 bits per heavy atom. The number of hydrogen-bond donors (Lipinski definition) is 1. The SMILES string of the molecule is CC(C)(C#N)NS(=O)(=O)c1cccc(Cl)c1. The van der Waals surface area contributed by atoms with Crippen LogP contribution in [0.5, 0.6) is 0 Å². The Bertz CT molecular complexity index is 532. The van der Waals surface area contributed by atoms with Crippen LogP contribution in [0.2, 0.25) is 5.02 Å². The molecule has 0 atom stereocenters. The number of benzene rings is 1. The van der Waals surface area contributed by atoms with Gasteiger partial charge in [0.2, 0.25) is 10.0 Å². The van der Waals surface area contributed by atoms with Gasteiger partial charge in [-0.2, -0.15) is 9.98 Å². The predicted octanol–water partition coefficient (Wildman–Crippen LogP) is 1.92. The van der Waals surface area contributed by atoms with Crippen molar-refractivity contribution < 1.29 is 8.42 Å². The Kier molecular flexibility index (Phi) is 3.58. The third-order valence-corrected chi connectivity index (χ3v) is 3.66.